The van der Waals surface area contributed by atoms with Crippen LogP contribution in [0, 0.1) is 13.8 Å². The fraction of sp³-hybridized carbons (Fsp3) is 0.318. The summed E-state index contributed by atoms with van der Waals surface area (Å²) in [5, 5.41) is 6.07. The monoisotopic (exact) mass is 490 g/mol. The number of hydrogen-bond donors (Lipinski definition) is 1. The van der Waals surface area contributed by atoms with Gasteiger partial charge in [-0.05, 0) is 48.6 Å². The van der Waals surface area contributed by atoms with Gasteiger partial charge in [0.2, 0.25) is 0 Å². The molecule has 3 heterocycles. The van der Waals surface area contributed by atoms with Gasteiger partial charge in [0.25, 0.3) is 5.91 Å². The van der Waals surface area contributed by atoms with E-state index < -0.39 is 0 Å². The van der Waals surface area contributed by atoms with E-state index in [0.717, 1.165) is 40.7 Å². The Bertz CT molecular complexity index is 994. The summed E-state index contributed by atoms with van der Waals surface area (Å²) in [6.07, 6.45) is 0. The standard InChI is InChI=1S/C22H23BrN2O2S2/c1-14-15(2)29-22(24-21(26)18-7-4-12-28-18)19(14)20(25-8-10-27-11-9-25)16-5-3-6-17(23)13-16/h3-7,12-13,20H,8-11H2,1-2H3,(H,24,26). The van der Waals surface area contributed by atoms with Gasteiger partial charge in [0.05, 0.1) is 24.1 Å². The molecule has 0 bridgehead atoms. The molecule has 29 heavy (non-hydrogen) atoms. The van der Waals surface area contributed by atoms with Crippen LogP contribution in [0.1, 0.15) is 37.3 Å². The highest BCUT2D eigenvalue weighted by Crippen LogP contribution is 2.43. The lowest BCUT2D eigenvalue weighted by Crippen LogP contribution is -2.39. The van der Waals surface area contributed by atoms with Crippen molar-refractivity contribution >= 4 is 49.5 Å². The number of thiophene rings is 2. The van der Waals surface area contributed by atoms with Gasteiger partial charge in [-0.25, -0.2) is 0 Å². The molecule has 0 spiro atoms. The first-order chi connectivity index (χ1) is 14.0. The van der Waals surface area contributed by atoms with Crippen LogP contribution in [-0.4, -0.2) is 37.1 Å². The van der Waals surface area contributed by atoms with E-state index in [-0.39, 0.29) is 11.9 Å². The van der Waals surface area contributed by atoms with Crippen molar-refractivity contribution in [1.29, 1.82) is 0 Å². The molecule has 0 radical (unpaired) electrons. The van der Waals surface area contributed by atoms with Crippen LogP contribution >= 0.6 is 38.6 Å². The lowest BCUT2D eigenvalue weighted by Gasteiger charge is -2.35. The number of aryl methyl sites for hydroxylation is 1. The third kappa shape index (κ3) is 4.49. The molecule has 1 aliphatic heterocycles. The number of morpholine rings is 1. The van der Waals surface area contributed by atoms with Crippen molar-refractivity contribution in [3.8, 4) is 0 Å². The highest BCUT2D eigenvalue weighted by Gasteiger charge is 2.30. The van der Waals surface area contributed by atoms with Crippen LogP contribution in [0.2, 0.25) is 0 Å². The first-order valence-corrected chi connectivity index (χ1v) is 12.1. The summed E-state index contributed by atoms with van der Waals surface area (Å²) in [7, 11) is 0. The first-order valence-electron chi connectivity index (χ1n) is 9.56. The largest absolute Gasteiger partial charge is 0.379 e. The molecule has 3 aromatic rings. The van der Waals surface area contributed by atoms with Gasteiger partial charge in [0.1, 0.15) is 5.00 Å². The summed E-state index contributed by atoms with van der Waals surface area (Å²) in [5.74, 6) is -0.0440. The molecular weight excluding hydrogens is 468 g/mol. The van der Waals surface area contributed by atoms with Gasteiger partial charge in [-0.1, -0.05) is 34.1 Å². The number of anilines is 1. The number of amides is 1. The minimum Gasteiger partial charge on any atom is -0.379 e. The van der Waals surface area contributed by atoms with Gasteiger partial charge < -0.3 is 10.1 Å². The van der Waals surface area contributed by atoms with Crippen LogP contribution in [0.3, 0.4) is 0 Å². The molecule has 152 valence electrons. The second kappa shape index (κ2) is 9.10. The van der Waals surface area contributed by atoms with Crippen LogP contribution in [0.15, 0.2) is 46.3 Å². The minimum atomic E-state index is -0.0440. The molecule has 7 heteroatoms. The Hall–Kier alpha value is -1.51. The molecule has 4 rings (SSSR count). The Balaban J connectivity index is 1.78. The first kappa shape index (κ1) is 20.8. The number of halogens is 1. The maximum atomic E-state index is 12.8. The lowest BCUT2D eigenvalue weighted by molar-refractivity contribution is 0.0240. The predicted molar refractivity (Wildman–Crippen MR) is 124 cm³/mol. The topological polar surface area (TPSA) is 41.6 Å². The SMILES string of the molecule is Cc1sc(NC(=O)c2cccs2)c(C(c2cccc(Br)c2)N2CCOCC2)c1C. The number of nitrogens with one attached hydrogen (secondary N) is 1. The molecule has 2 aromatic heterocycles. The smallest absolute Gasteiger partial charge is 0.266 e. The molecule has 1 N–H and O–H groups in total. The van der Waals surface area contributed by atoms with Crippen molar-refractivity contribution in [2.24, 2.45) is 0 Å². The Kier molecular flexibility index (Phi) is 6.51. The number of carbonyl (C=O) groups excluding carboxylic acids is 1. The van der Waals surface area contributed by atoms with Gasteiger partial charge in [0.15, 0.2) is 0 Å². The van der Waals surface area contributed by atoms with Gasteiger partial charge in [-0.15, -0.1) is 22.7 Å². The van der Waals surface area contributed by atoms with Crippen molar-refractivity contribution in [3.63, 3.8) is 0 Å². The van der Waals surface area contributed by atoms with Crippen molar-refractivity contribution in [2.75, 3.05) is 31.6 Å². The zero-order valence-corrected chi connectivity index (χ0v) is 19.6. The van der Waals surface area contributed by atoms with E-state index in [1.54, 1.807) is 11.3 Å². The Morgan fingerprint density at radius 3 is 2.69 bits per heavy atom. The second-order valence-electron chi connectivity index (χ2n) is 7.06. The number of nitrogens with zero attached hydrogens (tertiary/aromatic N) is 1. The fourth-order valence-electron chi connectivity index (χ4n) is 3.71. The molecule has 4 nitrogen and oxygen atoms in total. The van der Waals surface area contributed by atoms with Crippen LogP contribution in [-0.2, 0) is 4.74 Å². The number of hydrogen-bond acceptors (Lipinski definition) is 5. The third-order valence-electron chi connectivity index (χ3n) is 5.25. The van der Waals surface area contributed by atoms with Crippen molar-refractivity contribution < 1.29 is 9.53 Å². The van der Waals surface area contributed by atoms with E-state index in [0.29, 0.717) is 0 Å². The fourth-order valence-corrected chi connectivity index (χ4v) is 5.84. The van der Waals surface area contributed by atoms with Gasteiger partial charge in [-0.2, -0.15) is 0 Å². The lowest BCUT2D eigenvalue weighted by atomic mass is 9.94. The van der Waals surface area contributed by atoms with E-state index in [4.69, 9.17) is 4.74 Å². The summed E-state index contributed by atoms with van der Waals surface area (Å²) >= 11 is 6.75. The zero-order valence-electron chi connectivity index (χ0n) is 16.4. The Morgan fingerprint density at radius 2 is 2.00 bits per heavy atom. The molecular formula is C22H23BrN2O2S2. The molecule has 1 saturated heterocycles. The van der Waals surface area contributed by atoms with Gasteiger partial charge in [0, 0.05) is 28.0 Å². The van der Waals surface area contributed by atoms with Crippen molar-refractivity contribution in [2.45, 2.75) is 19.9 Å². The van der Waals surface area contributed by atoms with Crippen molar-refractivity contribution in [3.05, 3.63) is 72.7 Å². The number of ether oxygens (including phenoxy) is 1. The predicted octanol–water partition coefficient (Wildman–Crippen LogP) is 5.86. The maximum Gasteiger partial charge on any atom is 0.266 e. The van der Waals surface area contributed by atoms with Crippen LogP contribution < -0.4 is 5.32 Å². The van der Waals surface area contributed by atoms with Crippen LogP contribution in [0.4, 0.5) is 5.00 Å². The van der Waals surface area contributed by atoms with Crippen molar-refractivity contribution in [1.82, 2.24) is 4.90 Å². The average Bonchev–Trinajstić information content (AvgIpc) is 3.34. The molecule has 1 atom stereocenters. The van der Waals surface area contributed by atoms with E-state index in [9.17, 15) is 4.79 Å². The molecule has 1 unspecified atom stereocenters. The van der Waals surface area contributed by atoms with E-state index in [1.165, 1.54) is 32.9 Å². The summed E-state index contributed by atoms with van der Waals surface area (Å²) in [4.78, 5) is 17.2. The highest BCUT2D eigenvalue weighted by molar-refractivity contribution is 9.10. The normalized spacial score (nSPS) is 16.0. The summed E-state index contributed by atoms with van der Waals surface area (Å²) < 4.78 is 6.67. The Morgan fingerprint density at radius 1 is 1.21 bits per heavy atom. The molecule has 0 saturated carbocycles. The second-order valence-corrected chi connectivity index (χ2v) is 10.2. The third-order valence-corrected chi connectivity index (χ3v) is 7.75. The van der Waals surface area contributed by atoms with E-state index >= 15 is 0 Å². The highest BCUT2D eigenvalue weighted by atomic mass is 79.9. The quantitative estimate of drug-likeness (QED) is 0.486. The molecule has 1 aliphatic rings. The molecule has 1 amide bonds. The average molecular weight is 491 g/mol. The minimum absolute atomic E-state index is 0.0440. The van der Waals surface area contributed by atoms with E-state index in [1.807, 2.05) is 23.6 Å². The molecule has 1 fully saturated rings. The van der Waals surface area contributed by atoms with Gasteiger partial charge in [-0.3, -0.25) is 9.69 Å². The van der Waals surface area contributed by atoms with Crippen LogP contribution in [0.5, 0.6) is 0 Å². The summed E-state index contributed by atoms with van der Waals surface area (Å²) in [6, 6.07) is 12.3. The Labute approximate surface area is 187 Å². The number of carbonyl (C=O) groups is 1. The van der Waals surface area contributed by atoms with E-state index in [2.05, 4.69) is 58.2 Å². The number of benzene rings is 1. The zero-order chi connectivity index (χ0) is 20.4. The summed E-state index contributed by atoms with van der Waals surface area (Å²) in [5.41, 5.74) is 3.65. The van der Waals surface area contributed by atoms with Gasteiger partial charge >= 0.3 is 0 Å². The summed E-state index contributed by atoms with van der Waals surface area (Å²) in [6.45, 7) is 7.47. The molecule has 0 aliphatic carbocycles. The molecule has 1 aromatic carbocycles. The van der Waals surface area contributed by atoms with Crippen LogP contribution in [0.25, 0.3) is 0 Å². The number of rotatable bonds is 5. The maximum absolute atomic E-state index is 12.8.